The number of fused-ring (bicyclic) bond motifs is 3. The molecule has 1 aliphatic heterocycles. The summed E-state index contributed by atoms with van der Waals surface area (Å²) in [4.78, 5) is 22.9. The highest BCUT2D eigenvalue weighted by atomic mass is 32.2. The average Bonchev–Trinajstić information content (AvgIpc) is 3.17. The molecule has 0 aliphatic carbocycles. The standard InChI is InChI=1S/C19H15N3O6S2/c1-28-13-4-7-16-15(9-13)18-11(8-17(29-18)19(20)23)10-21(16)30(26,27)14-5-2-12(3-6-14)22(24)25/h2-9H,10H2,1H3,(H2,20,23). The molecular formula is C19H15N3O6S2. The molecule has 0 saturated heterocycles. The summed E-state index contributed by atoms with van der Waals surface area (Å²) in [7, 11) is -2.53. The van der Waals surface area contributed by atoms with Gasteiger partial charge in [-0.05, 0) is 42.0 Å². The molecule has 2 N–H and O–H groups in total. The maximum Gasteiger partial charge on any atom is 0.269 e. The van der Waals surface area contributed by atoms with E-state index >= 15 is 0 Å². The molecule has 11 heteroatoms. The Balaban J connectivity index is 1.86. The van der Waals surface area contributed by atoms with E-state index in [9.17, 15) is 23.3 Å². The minimum absolute atomic E-state index is 0.00222. The van der Waals surface area contributed by atoms with Crippen LogP contribution in [0, 0.1) is 10.1 Å². The number of methoxy groups -OCH3 is 1. The van der Waals surface area contributed by atoms with Crippen molar-refractivity contribution in [3.8, 4) is 16.2 Å². The molecule has 3 aromatic rings. The minimum atomic E-state index is -4.03. The number of nitrogens with two attached hydrogens (primary N) is 1. The molecule has 1 aromatic heterocycles. The minimum Gasteiger partial charge on any atom is -0.497 e. The van der Waals surface area contributed by atoms with Gasteiger partial charge in [0, 0.05) is 22.6 Å². The van der Waals surface area contributed by atoms with Gasteiger partial charge in [0.15, 0.2) is 0 Å². The number of ether oxygens (including phenoxy) is 1. The van der Waals surface area contributed by atoms with E-state index in [-0.39, 0.29) is 17.1 Å². The molecule has 2 aromatic carbocycles. The third kappa shape index (κ3) is 3.17. The highest BCUT2D eigenvalue weighted by Crippen LogP contribution is 2.46. The Labute approximate surface area is 175 Å². The molecule has 1 amide bonds. The summed E-state index contributed by atoms with van der Waals surface area (Å²) < 4.78 is 33.2. The molecule has 0 saturated carbocycles. The number of nitrogens with zero attached hydrogens (tertiary/aromatic N) is 2. The summed E-state index contributed by atoms with van der Waals surface area (Å²) in [6.45, 7) is -0.00222. The number of carbonyl (C=O) groups is 1. The third-order valence-electron chi connectivity index (χ3n) is 4.72. The number of nitro benzene ring substituents is 1. The number of hydrogen-bond acceptors (Lipinski definition) is 7. The van der Waals surface area contributed by atoms with Crippen LogP contribution in [0.1, 0.15) is 15.2 Å². The number of benzene rings is 2. The van der Waals surface area contributed by atoms with Gasteiger partial charge in [0.2, 0.25) is 0 Å². The van der Waals surface area contributed by atoms with Gasteiger partial charge in [0.25, 0.3) is 21.6 Å². The van der Waals surface area contributed by atoms with Crippen LogP contribution in [0.15, 0.2) is 53.4 Å². The molecule has 4 rings (SSSR count). The summed E-state index contributed by atoms with van der Waals surface area (Å²) in [6.07, 6.45) is 0. The molecular weight excluding hydrogens is 430 g/mol. The van der Waals surface area contributed by atoms with Crippen LogP contribution in [0.5, 0.6) is 5.75 Å². The predicted octanol–water partition coefficient (Wildman–Crippen LogP) is 3.14. The van der Waals surface area contributed by atoms with Gasteiger partial charge >= 0.3 is 0 Å². The molecule has 0 spiro atoms. The number of hydrogen-bond donors (Lipinski definition) is 1. The molecule has 0 fully saturated rings. The molecule has 154 valence electrons. The fourth-order valence-corrected chi connectivity index (χ4v) is 5.77. The number of nitro groups is 1. The van der Waals surface area contributed by atoms with Gasteiger partial charge in [-0.3, -0.25) is 19.2 Å². The number of amides is 1. The van der Waals surface area contributed by atoms with Crippen LogP contribution >= 0.6 is 11.3 Å². The number of carbonyl (C=O) groups excluding carboxylic acids is 1. The number of non-ortho nitro benzene ring substituents is 1. The number of sulfonamides is 1. The highest BCUT2D eigenvalue weighted by Gasteiger charge is 2.34. The summed E-state index contributed by atoms with van der Waals surface area (Å²) in [6, 6.07) is 11.3. The van der Waals surface area contributed by atoms with E-state index < -0.39 is 20.9 Å². The Hall–Kier alpha value is -3.44. The Morgan fingerprint density at radius 1 is 1.20 bits per heavy atom. The zero-order valence-electron chi connectivity index (χ0n) is 15.6. The predicted molar refractivity (Wildman–Crippen MR) is 111 cm³/mol. The Morgan fingerprint density at radius 3 is 2.50 bits per heavy atom. The molecule has 2 heterocycles. The first kappa shape index (κ1) is 19.9. The van der Waals surface area contributed by atoms with E-state index in [4.69, 9.17) is 10.5 Å². The van der Waals surface area contributed by atoms with E-state index in [1.54, 1.807) is 24.3 Å². The lowest BCUT2D eigenvalue weighted by Gasteiger charge is -2.30. The van der Waals surface area contributed by atoms with Crippen LogP contribution in [0.3, 0.4) is 0 Å². The van der Waals surface area contributed by atoms with Gasteiger partial charge in [-0.1, -0.05) is 0 Å². The molecule has 30 heavy (non-hydrogen) atoms. The second-order valence-corrected chi connectivity index (χ2v) is 9.39. The molecule has 0 radical (unpaired) electrons. The largest absolute Gasteiger partial charge is 0.497 e. The summed E-state index contributed by atoms with van der Waals surface area (Å²) in [5, 5.41) is 10.9. The van der Waals surface area contributed by atoms with Gasteiger partial charge in [-0.25, -0.2) is 8.42 Å². The molecule has 0 bridgehead atoms. The monoisotopic (exact) mass is 445 g/mol. The van der Waals surface area contributed by atoms with Gasteiger partial charge in [-0.15, -0.1) is 11.3 Å². The normalized spacial score (nSPS) is 12.8. The lowest BCUT2D eigenvalue weighted by molar-refractivity contribution is -0.384. The first-order chi connectivity index (χ1) is 14.2. The van der Waals surface area contributed by atoms with Crippen molar-refractivity contribution in [1.29, 1.82) is 0 Å². The van der Waals surface area contributed by atoms with E-state index in [2.05, 4.69) is 0 Å². The Bertz CT molecular complexity index is 1280. The smallest absolute Gasteiger partial charge is 0.269 e. The first-order valence-electron chi connectivity index (χ1n) is 8.60. The fourth-order valence-electron chi connectivity index (χ4n) is 3.26. The molecule has 1 aliphatic rings. The lowest BCUT2D eigenvalue weighted by Crippen LogP contribution is -2.32. The van der Waals surface area contributed by atoms with Crippen LogP contribution in [0.4, 0.5) is 11.4 Å². The van der Waals surface area contributed by atoms with Crippen molar-refractivity contribution in [3.63, 3.8) is 0 Å². The maximum atomic E-state index is 13.4. The second kappa shape index (κ2) is 7.11. The van der Waals surface area contributed by atoms with E-state index in [0.717, 1.165) is 17.0 Å². The van der Waals surface area contributed by atoms with Crippen molar-refractivity contribution in [2.75, 3.05) is 11.4 Å². The average molecular weight is 445 g/mol. The van der Waals surface area contributed by atoms with Gasteiger partial charge in [-0.2, -0.15) is 0 Å². The van der Waals surface area contributed by atoms with Crippen LogP contribution < -0.4 is 14.8 Å². The van der Waals surface area contributed by atoms with E-state index in [0.29, 0.717) is 27.4 Å². The van der Waals surface area contributed by atoms with Crippen molar-refractivity contribution in [2.24, 2.45) is 5.73 Å². The number of thiophene rings is 1. The van der Waals surface area contributed by atoms with Gasteiger partial charge in [0.05, 0.1) is 34.0 Å². The van der Waals surface area contributed by atoms with Gasteiger partial charge in [0.1, 0.15) is 5.75 Å². The fraction of sp³-hybridized carbons (Fsp3) is 0.105. The maximum absolute atomic E-state index is 13.4. The van der Waals surface area contributed by atoms with E-state index in [1.165, 1.54) is 34.9 Å². The molecule has 9 nitrogen and oxygen atoms in total. The number of primary amides is 1. The van der Waals surface area contributed by atoms with Gasteiger partial charge < -0.3 is 10.5 Å². The summed E-state index contributed by atoms with van der Waals surface area (Å²) in [5.74, 6) is -0.0630. The van der Waals surface area contributed by atoms with Crippen molar-refractivity contribution in [2.45, 2.75) is 11.4 Å². The first-order valence-corrected chi connectivity index (χ1v) is 10.9. The van der Waals surface area contributed by atoms with Crippen LogP contribution in [-0.4, -0.2) is 26.4 Å². The summed E-state index contributed by atoms with van der Waals surface area (Å²) >= 11 is 1.19. The zero-order chi connectivity index (χ0) is 21.6. The van der Waals surface area contributed by atoms with Crippen LogP contribution in [0.2, 0.25) is 0 Å². The molecule has 0 unspecified atom stereocenters. The van der Waals surface area contributed by atoms with Crippen molar-refractivity contribution in [3.05, 3.63) is 69.1 Å². The highest BCUT2D eigenvalue weighted by molar-refractivity contribution is 7.92. The quantitative estimate of drug-likeness (QED) is 0.474. The topological polar surface area (TPSA) is 133 Å². The Kier molecular flexibility index (Phi) is 4.71. The SMILES string of the molecule is COc1ccc2c(c1)-c1sc(C(N)=O)cc1CN2S(=O)(=O)c1ccc([N+](=O)[O-])cc1. The van der Waals surface area contributed by atoms with E-state index in [1.807, 2.05) is 0 Å². The van der Waals surface area contributed by atoms with Crippen molar-refractivity contribution < 1.29 is 22.9 Å². The van der Waals surface area contributed by atoms with Crippen molar-refractivity contribution in [1.82, 2.24) is 0 Å². The van der Waals surface area contributed by atoms with Crippen molar-refractivity contribution >= 4 is 38.6 Å². The molecule has 0 atom stereocenters. The Morgan fingerprint density at radius 2 is 1.90 bits per heavy atom. The number of rotatable bonds is 5. The van der Waals surface area contributed by atoms with Crippen LogP contribution in [-0.2, 0) is 16.6 Å². The van der Waals surface area contributed by atoms with Crippen LogP contribution in [0.25, 0.3) is 10.4 Å². The lowest BCUT2D eigenvalue weighted by atomic mass is 10.0. The second-order valence-electron chi connectivity index (χ2n) is 6.48. The third-order valence-corrected chi connectivity index (χ3v) is 7.72. The zero-order valence-corrected chi connectivity index (χ0v) is 17.2. The summed E-state index contributed by atoms with van der Waals surface area (Å²) in [5.41, 5.74) is 6.86. The number of anilines is 1.